The van der Waals surface area contributed by atoms with Gasteiger partial charge in [0.25, 0.3) is 0 Å². The van der Waals surface area contributed by atoms with Gasteiger partial charge >= 0.3 is 0 Å². The summed E-state index contributed by atoms with van der Waals surface area (Å²) in [5.74, 6) is 0.158. The van der Waals surface area contributed by atoms with Gasteiger partial charge in [-0.1, -0.05) is 60.7 Å². The van der Waals surface area contributed by atoms with Crippen LogP contribution in [-0.4, -0.2) is 36.6 Å². The molecule has 4 nitrogen and oxygen atoms in total. The van der Waals surface area contributed by atoms with Gasteiger partial charge in [-0.05, 0) is 11.1 Å². The highest BCUT2D eigenvalue weighted by Gasteiger charge is 2.21. The van der Waals surface area contributed by atoms with Crippen LogP contribution in [0.15, 0.2) is 60.7 Å². The zero-order chi connectivity index (χ0) is 16.6. The first kappa shape index (κ1) is 19.4. The number of rotatable bonds is 6. The van der Waals surface area contributed by atoms with Crippen LogP contribution in [0.5, 0.6) is 0 Å². The van der Waals surface area contributed by atoms with E-state index in [2.05, 4.69) is 29.6 Å². The Morgan fingerprint density at radius 2 is 1.56 bits per heavy atom. The average Bonchev–Trinajstić information content (AvgIpc) is 2.64. The number of morpholine rings is 1. The fourth-order valence-corrected chi connectivity index (χ4v) is 2.93. The van der Waals surface area contributed by atoms with E-state index >= 15 is 0 Å². The number of benzene rings is 2. The van der Waals surface area contributed by atoms with E-state index in [4.69, 9.17) is 4.74 Å². The summed E-state index contributed by atoms with van der Waals surface area (Å²) < 4.78 is 5.47. The number of nitrogens with zero attached hydrogens (tertiary/aromatic N) is 1. The molecule has 0 aliphatic carbocycles. The van der Waals surface area contributed by atoms with Crippen molar-refractivity contribution in [2.75, 3.05) is 19.8 Å². The lowest BCUT2D eigenvalue weighted by Crippen LogP contribution is -2.44. The highest BCUT2D eigenvalue weighted by atomic mass is 35.5. The number of hydrogen-bond acceptors (Lipinski definition) is 3. The van der Waals surface area contributed by atoms with Gasteiger partial charge in [-0.25, -0.2) is 0 Å². The van der Waals surface area contributed by atoms with Gasteiger partial charge in [-0.15, -0.1) is 12.4 Å². The summed E-state index contributed by atoms with van der Waals surface area (Å²) in [4.78, 5) is 14.8. The molecule has 1 unspecified atom stereocenters. The summed E-state index contributed by atoms with van der Waals surface area (Å²) in [6, 6.07) is 20.4. The van der Waals surface area contributed by atoms with E-state index in [0.29, 0.717) is 26.1 Å². The van der Waals surface area contributed by atoms with Gasteiger partial charge in [0, 0.05) is 32.1 Å². The Kier molecular flexibility index (Phi) is 7.92. The first-order valence-corrected chi connectivity index (χ1v) is 8.48. The van der Waals surface area contributed by atoms with Crippen LogP contribution in [0.3, 0.4) is 0 Å². The van der Waals surface area contributed by atoms with Crippen molar-refractivity contribution in [2.45, 2.75) is 25.6 Å². The SMILES string of the molecule is Cl.O=C(CC1COCCN1)N(Cc1ccccc1)Cc1ccccc1. The van der Waals surface area contributed by atoms with Crippen LogP contribution in [0, 0.1) is 0 Å². The van der Waals surface area contributed by atoms with Crippen molar-refractivity contribution >= 4 is 18.3 Å². The molecule has 0 radical (unpaired) electrons. The van der Waals surface area contributed by atoms with Crippen LogP contribution >= 0.6 is 12.4 Å². The van der Waals surface area contributed by atoms with Gasteiger partial charge in [0.15, 0.2) is 0 Å². The predicted molar refractivity (Wildman–Crippen MR) is 102 cm³/mol. The molecular weight excluding hydrogens is 336 g/mol. The van der Waals surface area contributed by atoms with Gasteiger partial charge in [0.2, 0.25) is 5.91 Å². The topological polar surface area (TPSA) is 41.6 Å². The highest BCUT2D eigenvalue weighted by molar-refractivity contribution is 5.85. The molecule has 1 heterocycles. The third-order valence-electron chi connectivity index (χ3n) is 4.20. The molecule has 2 aromatic rings. The normalized spacial score (nSPS) is 16.7. The molecule has 1 N–H and O–H groups in total. The predicted octanol–water partition coefficient (Wildman–Crippen LogP) is 3.02. The smallest absolute Gasteiger partial charge is 0.224 e. The Bertz CT molecular complexity index is 589. The molecule has 0 aromatic heterocycles. The lowest BCUT2D eigenvalue weighted by atomic mass is 10.1. The van der Waals surface area contributed by atoms with Crippen LogP contribution in [0.4, 0.5) is 0 Å². The van der Waals surface area contributed by atoms with Crippen LogP contribution in [0.25, 0.3) is 0 Å². The van der Waals surface area contributed by atoms with Crippen molar-refractivity contribution < 1.29 is 9.53 Å². The zero-order valence-corrected chi connectivity index (χ0v) is 15.1. The molecule has 2 aromatic carbocycles. The van der Waals surface area contributed by atoms with Gasteiger partial charge < -0.3 is 15.0 Å². The third-order valence-corrected chi connectivity index (χ3v) is 4.20. The van der Waals surface area contributed by atoms with Crippen molar-refractivity contribution in [1.29, 1.82) is 0 Å². The number of amides is 1. The Morgan fingerprint density at radius 3 is 2.04 bits per heavy atom. The molecule has 5 heteroatoms. The average molecular weight is 361 g/mol. The number of hydrogen-bond donors (Lipinski definition) is 1. The van der Waals surface area contributed by atoms with Crippen molar-refractivity contribution in [3.8, 4) is 0 Å². The van der Waals surface area contributed by atoms with E-state index in [-0.39, 0.29) is 24.4 Å². The molecule has 1 aliphatic rings. The first-order valence-electron chi connectivity index (χ1n) is 8.48. The summed E-state index contributed by atoms with van der Waals surface area (Å²) >= 11 is 0. The summed E-state index contributed by atoms with van der Waals surface area (Å²) in [6.45, 7) is 3.40. The number of halogens is 1. The van der Waals surface area contributed by atoms with E-state index in [0.717, 1.165) is 24.3 Å². The minimum absolute atomic E-state index is 0. The lowest BCUT2D eigenvalue weighted by molar-refractivity contribution is -0.133. The molecule has 0 saturated carbocycles. The van der Waals surface area contributed by atoms with E-state index in [1.165, 1.54) is 0 Å². The number of carbonyl (C=O) groups is 1. The maximum atomic E-state index is 12.9. The molecular formula is C20H25ClN2O2. The summed E-state index contributed by atoms with van der Waals surface area (Å²) in [6.07, 6.45) is 0.472. The van der Waals surface area contributed by atoms with Gasteiger partial charge in [0.05, 0.1) is 13.2 Å². The van der Waals surface area contributed by atoms with Crippen LogP contribution in [-0.2, 0) is 22.6 Å². The first-order chi connectivity index (χ1) is 11.8. The molecule has 1 atom stereocenters. The second-order valence-electron chi connectivity index (χ2n) is 6.15. The zero-order valence-electron chi connectivity index (χ0n) is 14.3. The van der Waals surface area contributed by atoms with Gasteiger partial charge in [-0.2, -0.15) is 0 Å². The highest BCUT2D eigenvalue weighted by Crippen LogP contribution is 2.13. The number of carbonyl (C=O) groups excluding carboxylic acids is 1. The third kappa shape index (κ3) is 6.16. The maximum Gasteiger partial charge on any atom is 0.224 e. The largest absolute Gasteiger partial charge is 0.378 e. The molecule has 0 spiro atoms. The standard InChI is InChI=1S/C20H24N2O2.ClH/c23-20(13-19-16-24-12-11-21-19)22(14-17-7-3-1-4-8-17)15-18-9-5-2-6-10-18;/h1-10,19,21H,11-16H2;1H. The van der Waals surface area contributed by atoms with Crippen molar-refractivity contribution in [3.05, 3.63) is 71.8 Å². The Balaban J connectivity index is 0.00000225. The minimum Gasteiger partial charge on any atom is -0.378 e. The molecule has 1 amide bonds. The Labute approximate surface area is 155 Å². The second kappa shape index (κ2) is 10.2. The fraction of sp³-hybridized carbons (Fsp3) is 0.350. The number of ether oxygens (including phenoxy) is 1. The Morgan fingerprint density at radius 1 is 1.00 bits per heavy atom. The summed E-state index contributed by atoms with van der Waals surface area (Å²) in [5.41, 5.74) is 2.30. The fourth-order valence-electron chi connectivity index (χ4n) is 2.93. The monoisotopic (exact) mass is 360 g/mol. The molecule has 0 bridgehead atoms. The van der Waals surface area contributed by atoms with Crippen LogP contribution in [0.1, 0.15) is 17.5 Å². The lowest BCUT2D eigenvalue weighted by Gasteiger charge is -2.28. The minimum atomic E-state index is 0. The van der Waals surface area contributed by atoms with E-state index in [9.17, 15) is 4.79 Å². The summed E-state index contributed by atoms with van der Waals surface area (Å²) in [7, 11) is 0. The maximum absolute atomic E-state index is 12.9. The quantitative estimate of drug-likeness (QED) is 0.861. The molecule has 1 aliphatic heterocycles. The van der Waals surface area contributed by atoms with Crippen molar-refractivity contribution in [1.82, 2.24) is 10.2 Å². The van der Waals surface area contributed by atoms with E-state index < -0.39 is 0 Å². The van der Waals surface area contributed by atoms with Crippen molar-refractivity contribution in [3.63, 3.8) is 0 Å². The van der Waals surface area contributed by atoms with Gasteiger partial charge in [0.1, 0.15) is 0 Å². The Hall–Kier alpha value is -1.88. The van der Waals surface area contributed by atoms with E-state index in [1.807, 2.05) is 41.3 Å². The molecule has 25 heavy (non-hydrogen) atoms. The van der Waals surface area contributed by atoms with Crippen LogP contribution in [0.2, 0.25) is 0 Å². The molecule has 1 saturated heterocycles. The molecule has 1 fully saturated rings. The number of nitrogens with one attached hydrogen (secondary N) is 1. The molecule has 3 rings (SSSR count). The summed E-state index contributed by atoms with van der Waals surface area (Å²) in [5, 5.41) is 3.36. The molecule has 134 valence electrons. The van der Waals surface area contributed by atoms with Gasteiger partial charge in [-0.3, -0.25) is 4.79 Å². The van der Waals surface area contributed by atoms with Crippen molar-refractivity contribution in [2.24, 2.45) is 0 Å². The second-order valence-corrected chi connectivity index (χ2v) is 6.15. The van der Waals surface area contributed by atoms with Crippen LogP contribution < -0.4 is 5.32 Å². The van der Waals surface area contributed by atoms with E-state index in [1.54, 1.807) is 0 Å².